The van der Waals surface area contributed by atoms with E-state index in [1.54, 1.807) is 0 Å². The van der Waals surface area contributed by atoms with Crippen LogP contribution in [-0.2, 0) is 19.2 Å². The van der Waals surface area contributed by atoms with Gasteiger partial charge in [-0.3, -0.25) is 14.4 Å². The lowest BCUT2D eigenvalue weighted by Gasteiger charge is -2.23. The first-order chi connectivity index (χ1) is 13.3. The zero-order valence-electron chi connectivity index (χ0n) is 16.0. The minimum absolute atomic E-state index is 0.229. The Balaban J connectivity index is 5.11. The van der Waals surface area contributed by atoms with Crippen LogP contribution < -0.4 is 27.4 Å². The Morgan fingerprint density at radius 3 is 2.04 bits per heavy atom. The van der Waals surface area contributed by atoms with Crippen LogP contribution in [0.5, 0.6) is 0 Å². The first-order valence-electron chi connectivity index (χ1n) is 8.93. The van der Waals surface area contributed by atoms with E-state index < -0.39 is 48.4 Å². The minimum Gasteiger partial charge on any atom is -0.480 e. The van der Waals surface area contributed by atoms with Crippen molar-refractivity contribution in [2.75, 3.05) is 31.7 Å². The molecule has 0 rings (SSSR count). The molecule has 9 N–H and O–H groups in total. The molecule has 11 nitrogen and oxygen atoms in total. The number of carboxylic acids is 1. The number of amides is 3. The third-order valence-electron chi connectivity index (χ3n) is 3.82. The van der Waals surface area contributed by atoms with E-state index >= 15 is 0 Å². The van der Waals surface area contributed by atoms with Crippen molar-refractivity contribution in [3.63, 3.8) is 0 Å². The highest BCUT2D eigenvalue weighted by Crippen LogP contribution is 2.05. The smallest absolute Gasteiger partial charge is 0.326 e. The van der Waals surface area contributed by atoms with E-state index in [2.05, 4.69) is 16.0 Å². The van der Waals surface area contributed by atoms with Gasteiger partial charge in [-0.15, -0.1) is 0 Å². The summed E-state index contributed by atoms with van der Waals surface area (Å²) in [7, 11) is 0. The highest BCUT2D eigenvalue weighted by Gasteiger charge is 2.28. The highest BCUT2D eigenvalue weighted by molar-refractivity contribution is 7.98. The van der Waals surface area contributed by atoms with Gasteiger partial charge in [-0.25, -0.2) is 4.79 Å². The molecule has 0 aromatic heterocycles. The van der Waals surface area contributed by atoms with Crippen LogP contribution in [0.25, 0.3) is 0 Å². The second kappa shape index (κ2) is 15.1. The van der Waals surface area contributed by atoms with Crippen LogP contribution in [0.3, 0.4) is 0 Å². The van der Waals surface area contributed by atoms with Crippen molar-refractivity contribution < 1.29 is 29.4 Å². The van der Waals surface area contributed by atoms with Crippen LogP contribution in [0.1, 0.15) is 25.7 Å². The van der Waals surface area contributed by atoms with Crippen molar-refractivity contribution >= 4 is 35.5 Å². The number of nitrogens with one attached hydrogen (secondary N) is 3. The standard InChI is InChI=1S/C16H31N5O6S/c1-28-7-5-11(16(26)27)21-14(24)10(4-2-3-6-17)20-15(25)12(9-22)19-13(23)8-18/h10-12,22H,2-9,17-18H2,1H3,(H,19,23)(H,20,25)(H,21,24)(H,26,27). The number of rotatable bonds is 15. The third kappa shape index (κ3) is 10.4. The molecule has 0 radical (unpaired) electrons. The molecule has 0 heterocycles. The molecule has 3 amide bonds. The highest BCUT2D eigenvalue weighted by atomic mass is 32.2. The van der Waals surface area contributed by atoms with Crippen molar-refractivity contribution in [1.82, 2.24) is 16.0 Å². The molecular formula is C16H31N5O6S. The minimum atomic E-state index is -1.27. The molecule has 0 aliphatic rings. The van der Waals surface area contributed by atoms with Gasteiger partial charge in [0.25, 0.3) is 0 Å². The number of carbonyl (C=O) groups excluding carboxylic acids is 3. The van der Waals surface area contributed by atoms with E-state index in [1.165, 1.54) is 11.8 Å². The molecule has 0 aromatic rings. The summed E-state index contributed by atoms with van der Waals surface area (Å²) in [6, 6.07) is -3.38. The number of nitrogens with two attached hydrogens (primary N) is 2. The maximum Gasteiger partial charge on any atom is 0.326 e. The van der Waals surface area contributed by atoms with E-state index in [-0.39, 0.29) is 19.4 Å². The molecule has 0 aromatic carbocycles. The Hall–Kier alpha value is -1.89. The predicted octanol–water partition coefficient (Wildman–Crippen LogP) is -2.64. The van der Waals surface area contributed by atoms with Crippen molar-refractivity contribution in [2.24, 2.45) is 11.5 Å². The van der Waals surface area contributed by atoms with Crippen LogP contribution in [0.4, 0.5) is 0 Å². The van der Waals surface area contributed by atoms with Crippen molar-refractivity contribution in [3.05, 3.63) is 0 Å². The number of aliphatic hydroxyl groups excluding tert-OH is 1. The second-order valence-corrected chi connectivity index (χ2v) is 7.02. The largest absolute Gasteiger partial charge is 0.480 e. The van der Waals surface area contributed by atoms with Gasteiger partial charge in [-0.1, -0.05) is 0 Å². The monoisotopic (exact) mass is 421 g/mol. The number of carboxylic acid groups (broad SMARTS) is 1. The summed E-state index contributed by atoms with van der Waals surface area (Å²) in [6.07, 6.45) is 3.42. The molecule has 0 aliphatic carbocycles. The summed E-state index contributed by atoms with van der Waals surface area (Å²) < 4.78 is 0. The average Bonchev–Trinajstić information content (AvgIpc) is 2.67. The van der Waals surface area contributed by atoms with Gasteiger partial charge >= 0.3 is 5.97 Å². The summed E-state index contributed by atoms with van der Waals surface area (Å²) in [4.78, 5) is 47.5. The topological polar surface area (TPSA) is 197 Å². The van der Waals surface area contributed by atoms with Gasteiger partial charge in [0.05, 0.1) is 13.2 Å². The van der Waals surface area contributed by atoms with Crippen molar-refractivity contribution in [2.45, 2.75) is 43.8 Å². The molecule has 3 atom stereocenters. The fourth-order valence-electron chi connectivity index (χ4n) is 2.25. The van der Waals surface area contributed by atoms with Crippen molar-refractivity contribution in [3.8, 4) is 0 Å². The molecule has 0 saturated heterocycles. The SMILES string of the molecule is CSCCC(NC(=O)C(CCCCN)NC(=O)C(CO)NC(=O)CN)C(=O)O. The summed E-state index contributed by atoms with van der Waals surface area (Å²) >= 11 is 1.45. The quantitative estimate of drug-likeness (QED) is 0.138. The fraction of sp³-hybridized carbons (Fsp3) is 0.750. The molecule has 162 valence electrons. The van der Waals surface area contributed by atoms with Crippen LogP contribution in [-0.4, -0.2) is 83.7 Å². The molecule has 0 aliphatic heterocycles. The Bertz CT molecular complexity index is 522. The molecule has 0 saturated carbocycles. The maximum atomic E-state index is 12.5. The molecule has 0 fully saturated rings. The molecule has 28 heavy (non-hydrogen) atoms. The number of thioether (sulfide) groups is 1. The number of aliphatic hydroxyl groups is 1. The van der Waals surface area contributed by atoms with Crippen LogP contribution in [0.15, 0.2) is 0 Å². The average molecular weight is 422 g/mol. The van der Waals surface area contributed by atoms with Gasteiger partial charge in [-0.05, 0) is 44.2 Å². The van der Waals surface area contributed by atoms with Crippen LogP contribution in [0, 0.1) is 0 Å². The lowest BCUT2D eigenvalue weighted by molar-refractivity contribution is -0.142. The zero-order chi connectivity index (χ0) is 21.5. The number of carbonyl (C=O) groups is 4. The second-order valence-electron chi connectivity index (χ2n) is 6.03. The molecule has 12 heteroatoms. The molecule has 3 unspecified atom stereocenters. The number of unbranched alkanes of at least 4 members (excludes halogenated alkanes) is 1. The maximum absolute atomic E-state index is 12.5. The zero-order valence-corrected chi connectivity index (χ0v) is 16.8. The van der Waals surface area contributed by atoms with Gasteiger partial charge < -0.3 is 37.6 Å². The molecule has 0 spiro atoms. The lowest BCUT2D eigenvalue weighted by Crippen LogP contribution is -2.57. The summed E-state index contributed by atoms with van der Waals surface area (Å²) in [5.41, 5.74) is 10.6. The van der Waals surface area contributed by atoms with Gasteiger partial charge in [0, 0.05) is 0 Å². The van der Waals surface area contributed by atoms with E-state index in [4.69, 9.17) is 11.5 Å². The van der Waals surface area contributed by atoms with E-state index in [0.717, 1.165) is 0 Å². The van der Waals surface area contributed by atoms with Gasteiger partial charge in [-0.2, -0.15) is 11.8 Å². The first-order valence-corrected chi connectivity index (χ1v) is 10.3. The lowest BCUT2D eigenvalue weighted by atomic mass is 10.1. The van der Waals surface area contributed by atoms with Crippen molar-refractivity contribution in [1.29, 1.82) is 0 Å². The van der Waals surface area contributed by atoms with Crippen LogP contribution >= 0.6 is 11.8 Å². The van der Waals surface area contributed by atoms with Gasteiger partial charge in [0.2, 0.25) is 17.7 Å². The number of hydrogen-bond donors (Lipinski definition) is 7. The number of hydrogen-bond acceptors (Lipinski definition) is 8. The first kappa shape index (κ1) is 26.1. The van der Waals surface area contributed by atoms with Gasteiger partial charge in [0.15, 0.2) is 0 Å². The summed E-state index contributed by atoms with van der Waals surface area (Å²) in [5.74, 6) is -2.69. The van der Waals surface area contributed by atoms with E-state index in [0.29, 0.717) is 25.1 Å². The number of aliphatic carboxylic acids is 1. The Labute approximate surface area is 168 Å². The Morgan fingerprint density at radius 1 is 0.929 bits per heavy atom. The Kier molecular flexibility index (Phi) is 14.1. The summed E-state index contributed by atoms with van der Waals surface area (Å²) in [6.45, 7) is -0.639. The fourth-order valence-corrected chi connectivity index (χ4v) is 2.72. The Morgan fingerprint density at radius 2 is 1.54 bits per heavy atom. The third-order valence-corrected chi connectivity index (χ3v) is 4.47. The van der Waals surface area contributed by atoms with Gasteiger partial charge in [0.1, 0.15) is 18.1 Å². The molecular weight excluding hydrogens is 390 g/mol. The van der Waals surface area contributed by atoms with E-state index in [9.17, 15) is 29.4 Å². The molecule has 0 bridgehead atoms. The van der Waals surface area contributed by atoms with E-state index in [1.807, 2.05) is 6.26 Å². The van der Waals surface area contributed by atoms with Crippen LogP contribution in [0.2, 0.25) is 0 Å². The normalized spacial score (nSPS) is 13.9. The summed E-state index contributed by atoms with van der Waals surface area (Å²) in [5, 5.41) is 25.7. The predicted molar refractivity (Wildman–Crippen MR) is 105 cm³/mol.